The van der Waals surface area contributed by atoms with Gasteiger partial charge in [0.1, 0.15) is 11.5 Å². The normalized spacial score (nSPS) is 19.1. The third-order valence-corrected chi connectivity index (χ3v) is 3.40. The van der Waals surface area contributed by atoms with Crippen molar-refractivity contribution in [3.63, 3.8) is 0 Å². The van der Waals surface area contributed by atoms with Crippen LogP contribution < -0.4 is 14.8 Å². The van der Waals surface area contributed by atoms with E-state index in [2.05, 4.69) is 5.32 Å². The summed E-state index contributed by atoms with van der Waals surface area (Å²) >= 11 is 0. The van der Waals surface area contributed by atoms with E-state index in [0.29, 0.717) is 17.1 Å². The fraction of sp³-hybridized carbons (Fsp3) is 0.500. The highest BCUT2D eigenvalue weighted by Crippen LogP contribution is 2.26. The molecule has 1 aromatic rings. The Labute approximate surface area is 113 Å². The van der Waals surface area contributed by atoms with Crippen molar-refractivity contribution in [2.45, 2.75) is 13.0 Å². The zero-order chi connectivity index (χ0) is 13.8. The van der Waals surface area contributed by atoms with Gasteiger partial charge in [-0.3, -0.25) is 4.79 Å². The fourth-order valence-electron chi connectivity index (χ4n) is 2.27. The van der Waals surface area contributed by atoms with E-state index in [1.807, 2.05) is 11.8 Å². The van der Waals surface area contributed by atoms with Crippen LogP contribution in [0.3, 0.4) is 0 Å². The van der Waals surface area contributed by atoms with Crippen LogP contribution in [0.15, 0.2) is 18.2 Å². The second-order valence-corrected chi connectivity index (χ2v) is 4.62. The molecule has 0 saturated carbocycles. The maximum atomic E-state index is 12.6. The summed E-state index contributed by atoms with van der Waals surface area (Å²) in [6.07, 6.45) is 0. The molecule has 1 N–H and O–H groups in total. The average molecular weight is 264 g/mol. The quantitative estimate of drug-likeness (QED) is 0.889. The van der Waals surface area contributed by atoms with Gasteiger partial charge in [0.2, 0.25) is 0 Å². The molecule has 1 aliphatic heterocycles. The lowest BCUT2D eigenvalue weighted by Gasteiger charge is -2.34. The van der Waals surface area contributed by atoms with Crippen LogP contribution in [-0.2, 0) is 0 Å². The lowest BCUT2D eigenvalue weighted by Crippen LogP contribution is -2.52. The number of carbonyl (C=O) groups excluding carboxylic acids is 1. The molecule has 1 aliphatic rings. The van der Waals surface area contributed by atoms with E-state index in [1.165, 1.54) is 0 Å². The Morgan fingerprint density at radius 2 is 2.16 bits per heavy atom. The molecule has 1 amide bonds. The van der Waals surface area contributed by atoms with Gasteiger partial charge in [0.05, 0.1) is 19.8 Å². The summed E-state index contributed by atoms with van der Waals surface area (Å²) in [6, 6.07) is 5.46. The van der Waals surface area contributed by atoms with Crippen LogP contribution in [0.25, 0.3) is 0 Å². The minimum absolute atomic E-state index is 0.00787. The highest BCUT2D eigenvalue weighted by Gasteiger charge is 2.26. The summed E-state index contributed by atoms with van der Waals surface area (Å²) in [5.74, 6) is 1.24. The largest absolute Gasteiger partial charge is 0.497 e. The molecule has 1 saturated heterocycles. The Kier molecular flexibility index (Phi) is 4.27. The molecule has 0 radical (unpaired) electrons. The van der Waals surface area contributed by atoms with E-state index in [1.54, 1.807) is 32.4 Å². The van der Waals surface area contributed by atoms with Crippen LogP contribution >= 0.6 is 0 Å². The Morgan fingerprint density at radius 3 is 2.79 bits per heavy atom. The first-order valence-electron chi connectivity index (χ1n) is 6.41. The number of rotatable bonds is 3. The highest BCUT2D eigenvalue weighted by atomic mass is 16.5. The summed E-state index contributed by atoms with van der Waals surface area (Å²) in [4.78, 5) is 14.4. The average Bonchev–Trinajstić information content (AvgIpc) is 2.46. The monoisotopic (exact) mass is 264 g/mol. The first-order chi connectivity index (χ1) is 9.17. The molecule has 104 valence electrons. The number of piperazine rings is 1. The standard InChI is InChI=1S/C14H20N2O3/c1-10-9-15-6-7-16(10)14(17)12-5-4-11(18-2)8-13(12)19-3/h4-5,8,10,15H,6-7,9H2,1-3H3. The molecule has 1 unspecified atom stereocenters. The molecule has 5 nitrogen and oxygen atoms in total. The lowest BCUT2D eigenvalue weighted by molar-refractivity contribution is 0.0652. The molecule has 2 rings (SSSR count). The third-order valence-electron chi connectivity index (χ3n) is 3.40. The van der Waals surface area contributed by atoms with Crippen molar-refractivity contribution in [2.75, 3.05) is 33.9 Å². The molecule has 0 aromatic heterocycles. The molecule has 1 atom stereocenters. The minimum Gasteiger partial charge on any atom is -0.497 e. The molecule has 0 spiro atoms. The summed E-state index contributed by atoms with van der Waals surface area (Å²) < 4.78 is 10.4. The Bertz CT molecular complexity index is 462. The molecule has 1 aromatic carbocycles. The molecule has 0 aliphatic carbocycles. The van der Waals surface area contributed by atoms with Crippen LogP contribution in [0.5, 0.6) is 11.5 Å². The SMILES string of the molecule is COc1ccc(C(=O)N2CCNCC2C)c(OC)c1. The molecule has 19 heavy (non-hydrogen) atoms. The summed E-state index contributed by atoms with van der Waals surface area (Å²) in [5.41, 5.74) is 0.581. The number of benzene rings is 1. The van der Waals surface area contributed by atoms with Crippen LogP contribution in [0.4, 0.5) is 0 Å². The topological polar surface area (TPSA) is 50.8 Å². The Balaban J connectivity index is 2.27. The van der Waals surface area contributed by atoms with Gasteiger partial charge >= 0.3 is 0 Å². The predicted molar refractivity (Wildman–Crippen MR) is 72.9 cm³/mol. The van der Waals surface area contributed by atoms with Crippen molar-refractivity contribution in [1.29, 1.82) is 0 Å². The Morgan fingerprint density at radius 1 is 1.37 bits per heavy atom. The number of hydrogen-bond acceptors (Lipinski definition) is 4. The lowest BCUT2D eigenvalue weighted by atomic mass is 10.1. The van der Waals surface area contributed by atoms with Gasteiger partial charge in [-0.1, -0.05) is 0 Å². The second-order valence-electron chi connectivity index (χ2n) is 4.62. The number of methoxy groups -OCH3 is 2. The predicted octanol–water partition coefficient (Wildman–Crippen LogP) is 1.14. The molecular formula is C14H20N2O3. The van der Waals surface area contributed by atoms with E-state index in [9.17, 15) is 4.79 Å². The van der Waals surface area contributed by atoms with Gasteiger partial charge < -0.3 is 19.7 Å². The van der Waals surface area contributed by atoms with Crippen molar-refractivity contribution in [2.24, 2.45) is 0 Å². The maximum Gasteiger partial charge on any atom is 0.257 e. The molecule has 5 heteroatoms. The Hall–Kier alpha value is -1.75. The molecule has 1 heterocycles. The van der Waals surface area contributed by atoms with Gasteiger partial charge in [0.25, 0.3) is 5.91 Å². The smallest absolute Gasteiger partial charge is 0.257 e. The third kappa shape index (κ3) is 2.81. The van der Waals surface area contributed by atoms with Crippen LogP contribution in [0, 0.1) is 0 Å². The van der Waals surface area contributed by atoms with Crippen LogP contribution in [0.1, 0.15) is 17.3 Å². The number of carbonyl (C=O) groups is 1. The maximum absolute atomic E-state index is 12.6. The van der Waals surface area contributed by atoms with E-state index >= 15 is 0 Å². The van der Waals surface area contributed by atoms with Crippen LogP contribution in [-0.4, -0.2) is 50.7 Å². The number of amides is 1. The van der Waals surface area contributed by atoms with Gasteiger partial charge in [-0.15, -0.1) is 0 Å². The summed E-state index contributed by atoms with van der Waals surface area (Å²) in [6.45, 7) is 4.41. The van der Waals surface area contributed by atoms with Gasteiger partial charge in [-0.25, -0.2) is 0 Å². The van der Waals surface area contributed by atoms with E-state index in [-0.39, 0.29) is 11.9 Å². The van der Waals surface area contributed by atoms with Crippen molar-refractivity contribution in [1.82, 2.24) is 10.2 Å². The summed E-state index contributed by atoms with van der Waals surface area (Å²) in [7, 11) is 3.15. The summed E-state index contributed by atoms with van der Waals surface area (Å²) in [5, 5.41) is 3.27. The van der Waals surface area contributed by atoms with Crippen molar-refractivity contribution in [3.8, 4) is 11.5 Å². The van der Waals surface area contributed by atoms with Gasteiger partial charge in [0.15, 0.2) is 0 Å². The van der Waals surface area contributed by atoms with Gasteiger partial charge in [-0.05, 0) is 19.1 Å². The van der Waals surface area contributed by atoms with Gasteiger partial charge in [0, 0.05) is 31.7 Å². The van der Waals surface area contributed by atoms with Gasteiger partial charge in [-0.2, -0.15) is 0 Å². The number of ether oxygens (including phenoxy) is 2. The number of nitrogens with zero attached hydrogens (tertiary/aromatic N) is 1. The molecule has 0 bridgehead atoms. The van der Waals surface area contributed by atoms with E-state index < -0.39 is 0 Å². The van der Waals surface area contributed by atoms with Crippen molar-refractivity contribution < 1.29 is 14.3 Å². The number of hydrogen-bond donors (Lipinski definition) is 1. The zero-order valence-electron chi connectivity index (χ0n) is 11.6. The zero-order valence-corrected chi connectivity index (χ0v) is 11.6. The molecule has 1 fully saturated rings. The van der Waals surface area contributed by atoms with E-state index in [0.717, 1.165) is 19.6 Å². The minimum atomic E-state index is 0.00787. The first-order valence-corrected chi connectivity index (χ1v) is 6.41. The second kappa shape index (κ2) is 5.93. The first kappa shape index (κ1) is 13.7. The van der Waals surface area contributed by atoms with Crippen molar-refractivity contribution in [3.05, 3.63) is 23.8 Å². The van der Waals surface area contributed by atoms with Crippen LogP contribution in [0.2, 0.25) is 0 Å². The highest BCUT2D eigenvalue weighted by molar-refractivity contribution is 5.97. The molecular weight excluding hydrogens is 244 g/mol. The number of nitrogens with one attached hydrogen (secondary N) is 1. The fourth-order valence-corrected chi connectivity index (χ4v) is 2.27. The van der Waals surface area contributed by atoms with E-state index in [4.69, 9.17) is 9.47 Å². The van der Waals surface area contributed by atoms with Crippen molar-refractivity contribution >= 4 is 5.91 Å².